The van der Waals surface area contributed by atoms with Crippen LogP contribution in [0.15, 0.2) is 0 Å². The normalized spacial score (nSPS) is 27.2. The van der Waals surface area contributed by atoms with Crippen molar-refractivity contribution in [3.8, 4) is 0 Å². The van der Waals surface area contributed by atoms with Crippen molar-refractivity contribution in [2.24, 2.45) is 0 Å². The molecule has 2 rings (SSSR count). The molecule has 106 valence electrons. The first-order valence-corrected chi connectivity index (χ1v) is 7.31. The first-order chi connectivity index (χ1) is 8.88. The van der Waals surface area contributed by atoms with E-state index in [9.17, 15) is 0 Å². The maximum atomic E-state index is 5.90. The number of hydrogen-bond donors (Lipinski definition) is 0. The number of rotatable bonds is 12. The smallest absolute Gasteiger partial charge is 0.104 e. The highest BCUT2D eigenvalue weighted by Gasteiger charge is 2.24. The third-order valence-electron chi connectivity index (χ3n) is 3.32. The Morgan fingerprint density at radius 3 is 2.39 bits per heavy atom. The van der Waals surface area contributed by atoms with Crippen molar-refractivity contribution >= 4 is 0 Å². The first-order valence-electron chi connectivity index (χ1n) is 7.31. The van der Waals surface area contributed by atoms with Gasteiger partial charge in [0.05, 0.1) is 32.5 Å². The van der Waals surface area contributed by atoms with Crippen molar-refractivity contribution in [2.45, 2.75) is 57.3 Å². The number of unbranched alkanes of at least 4 members (excludes halogenated alkanes) is 1. The van der Waals surface area contributed by atoms with E-state index in [1.807, 2.05) is 0 Å². The molecule has 2 saturated heterocycles. The molecule has 3 unspecified atom stereocenters. The summed E-state index contributed by atoms with van der Waals surface area (Å²) in [4.78, 5) is 0. The summed E-state index contributed by atoms with van der Waals surface area (Å²) in [6.45, 7) is 6.34. The lowest BCUT2D eigenvalue weighted by Gasteiger charge is -2.17. The first kappa shape index (κ1) is 14.3. The molecule has 0 amide bonds. The molecule has 0 aromatic heterocycles. The summed E-state index contributed by atoms with van der Waals surface area (Å²) in [6, 6.07) is 0. The van der Waals surface area contributed by atoms with Gasteiger partial charge in [-0.1, -0.05) is 19.8 Å². The average Bonchev–Trinajstić information content (AvgIpc) is 3.25. The van der Waals surface area contributed by atoms with Gasteiger partial charge in [-0.05, 0) is 19.3 Å². The quantitative estimate of drug-likeness (QED) is 0.397. The molecule has 2 aliphatic heterocycles. The third-order valence-corrected chi connectivity index (χ3v) is 3.32. The lowest BCUT2D eigenvalue weighted by Crippen LogP contribution is -2.17. The monoisotopic (exact) mass is 258 g/mol. The van der Waals surface area contributed by atoms with Gasteiger partial charge in [0.2, 0.25) is 0 Å². The van der Waals surface area contributed by atoms with Crippen LogP contribution in [0.2, 0.25) is 0 Å². The SMILES string of the molecule is CCCCC(CCCOCC1CO1)OCC1CO1. The van der Waals surface area contributed by atoms with Gasteiger partial charge in [0.15, 0.2) is 0 Å². The molecule has 0 aromatic rings. The maximum Gasteiger partial charge on any atom is 0.104 e. The van der Waals surface area contributed by atoms with E-state index < -0.39 is 0 Å². The summed E-state index contributed by atoms with van der Waals surface area (Å²) in [5, 5.41) is 0. The molecule has 0 spiro atoms. The average molecular weight is 258 g/mol. The molecule has 0 saturated carbocycles. The van der Waals surface area contributed by atoms with Crippen LogP contribution in [0.3, 0.4) is 0 Å². The molecule has 2 aliphatic rings. The van der Waals surface area contributed by atoms with Crippen molar-refractivity contribution in [2.75, 3.05) is 33.0 Å². The van der Waals surface area contributed by atoms with E-state index in [0.29, 0.717) is 18.3 Å². The van der Waals surface area contributed by atoms with Gasteiger partial charge in [-0.2, -0.15) is 0 Å². The fraction of sp³-hybridized carbons (Fsp3) is 1.00. The molecule has 0 aromatic carbocycles. The zero-order valence-electron chi connectivity index (χ0n) is 11.4. The molecule has 2 fully saturated rings. The third kappa shape index (κ3) is 6.69. The van der Waals surface area contributed by atoms with Crippen molar-refractivity contribution in [3.63, 3.8) is 0 Å². The molecular formula is C14H26O4. The van der Waals surface area contributed by atoms with Crippen LogP contribution in [0, 0.1) is 0 Å². The minimum Gasteiger partial charge on any atom is -0.379 e. The molecule has 4 heteroatoms. The Morgan fingerprint density at radius 2 is 1.72 bits per heavy atom. The summed E-state index contributed by atoms with van der Waals surface area (Å²) >= 11 is 0. The van der Waals surface area contributed by atoms with Crippen LogP contribution < -0.4 is 0 Å². The van der Waals surface area contributed by atoms with Crippen LogP contribution in [0.1, 0.15) is 39.0 Å². The minimum absolute atomic E-state index is 0.373. The summed E-state index contributed by atoms with van der Waals surface area (Å²) in [7, 11) is 0. The molecule has 3 atom stereocenters. The molecule has 0 bridgehead atoms. The second-order valence-corrected chi connectivity index (χ2v) is 5.23. The Hall–Kier alpha value is -0.160. The zero-order valence-corrected chi connectivity index (χ0v) is 11.4. The van der Waals surface area contributed by atoms with Gasteiger partial charge in [0.25, 0.3) is 0 Å². The predicted octanol–water partition coefficient (Wildman–Crippen LogP) is 2.16. The number of ether oxygens (including phenoxy) is 4. The summed E-state index contributed by atoms with van der Waals surface area (Å²) in [5.41, 5.74) is 0. The van der Waals surface area contributed by atoms with Crippen molar-refractivity contribution in [1.29, 1.82) is 0 Å². The standard InChI is InChI=1S/C14H26O4/c1-2-3-5-12(16-10-14-11-18-14)6-4-7-15-8-13-9-17-13/h12-14H,2-11H2,1H3. The highest BCUT2D eigenvalue weighted by molar-refractivity contribution is 4.70. The summed E-state index contributed by atoms with van der Waals surface area (Å²) in [5.74, 6) is 0. The van der Waals surface area contributed by atoms with Gasteiger partial charge in [-0.25, -0.2) is 0 Å². The van der Waals surface area contributed by atoms with Crippen LogP contribution in [0.5, 0.6) is 0 Å². The van der Waals surface area contributed by atoms with E-state index in [-0.39, 0.29) is 0 Å². The number of epoxide rings is 2. The maximum absolute atomic E-state index is 5.90. The van der Waals surface area contributed by atoms with E-state index in [1.165, 1.54) is 12.8 Å². The van der Waals surface area contributed by atoms with Gasteiger partial charge < -0.3 is 18.9 Å². The Labute approximate surface area is 110 Å². The fourth-order valence-corrected chi connectivity index (χ4v) is 1.94. The molecular weight excluding hydrogens is 232 g/mol. The van der Waals surface area contributed by atoms with E-state index in [2.05, 4.69) is 6.92 Å². The zero-order chi connectivity index (χ0) is 12.6. The second-order valence-electron chi connectivity index (χ2n) is 5.23. The molecule has 2 heterocycles. The van der Waals surface area contributed by atoms with Crippen molar-refractivity contribution in [1.82, 2.24) is 0 Å². The van der Waals surface area contributed by atoms with Gasteiger partial charge in [-0.15, -0.1) is 0 Å². The van der Waals surface area contributed by atoms with Crippen molar-refractivity contribution < 1.29 is 18.9 Å². The highest BCUT2D eigenvalue weighted by Crippen LogP contribution is 2.16. The Morgan fingerprint density at radius 1 is 1.06 bits per heavy atom. The van der Waals surface area contributed by atoms with Gasteiger partial charge in [0.1, 0.15) is 12.2 Å². The van der Waals surface area contributed by atoms with Crippen LogP contribution in [0.25, 0.3) is 0 Å². The summed E-state index contributed by atoms with van der Waals surface area (Å²) < 4.78 is 21.7. The Kier molecular flexibility index (Phi) is 6.41. The molecule has 0 radical (unpaired) electrons. The van der Waals surface area contributed by atoms with Gasteiger partial charge >= 0.3 is 0 Å². The summed E-state index contributed by atoms with van der Waals surface area (Å²) in [6.07, 6.45) is 6.94. The van der Waals surface area contributed by atoms with E-state index in [4.69, 9.17) is 18.9 Å². The molecule has 0 aliphatic carbocycles. The van der Waals surface area contributed by atoms with Gasteiger partial charge in [-0.3, -0.25) is 0 Å². The number of hydrogen-bond acceptors (Lipinski definition) is 4. The molecule has 18 heavy (non-hydrogen) atoms. The van der Waals surface area contributed by atoms with Crippen LogP contribution in [-0.2, 0) is 18.9 Å². The van der Waals surface area contributed by atoms with Crippen molar-refractivity contribution in [3.05, 3.63) is 0 Å². The highest BCUT2D eigenvalue weighted by atomic mass is 16.6. The lowest BCUT2D eigenvalue weighted by atomic mass is 10.1. The van der Waals surface area contributed by atoms with Crippen LogP contribution in [-0.4, -0.2) is 51.3 Å². The van der Waals surface area contributed by atoms with Gasteiger partial charge in [0, 0.05) is 6.61 Å². The van der Waals surface area contributed by atoms with E-state index >= 15 is 0 Å². The van der Waals surface area contributed by atoms with Crippen LogP contribution in [0.4, 0.5) is 0 Å². The topological polar surface area (TPSA) is 43.5 Å². The Balaban J connectivity index is 1.47. The predicted molar refractivity (Wildman–Crippen MR) is 68.8 cm³/mol. The fourth-order valence-electron chi connectivity index (χ4n) is 1.94. The molecule has 4 nitrogen and oxygen atoms in total. The van der Waals surface area contributed by atoms with E-state index in [0.717, 1.165) is 52.3 Å². The largest absolute Gasteiger partial charge is 0.379 e. The second kappa shape index (κ2) is 8.10. The lowest BCUT2D eigenvalue weighted by molar-refractivity contribution is 0.0220. The Bertz CT molecular complexity index is 214. The molecule has 0 N–H and O–H groups in total. The van der Waals surface area contributed by atoms with E-state index in [1.54, 1.807) is 0 Å². The minimum atomic E-state index is 0.373. The van der Waals surface area contributed by atoms with Crippen LogP contribution >= 0.6 is 0 Å².